The number of para-hydroxylation sites is 1. The number of hydrogen-bond acceptors (Lipinski definition) is 4. The van der Waals surface area contributed by atoms with E-state index in [-0.39, 0.29) is 6.10 Å². The van der Waals surface area contributed by atoms with Gasteiger partial charge in [0.2, 0.25) is 0 Å². The molecule has 1 fully saturated rings. The number of nitrogens with zero attached hydrogens (tertiary/aromatic N) is 3. The van der Waals surface area contributed by atoms with Gasteiger partial charge in [-0.15, -0.1) is 0 Å². The minimum Gasteiger partial charge on any atom is -0.391 e. The number of hydrogen-bond donors (Lipinski definition) is 1. The van der Waals surface area contributed by atoms with Crippen LogP contribution in [0.2, 0.25) is 0 Å². The van der Waals surface area contributed by atoms with Gasteiger partial charge in [-0.2, -0.15) is 0 Å². The van der Waals surface area contributed by atoms with Crippen LogP contribution in [-0.4, -0.2) is 34.3 Å². The Morgan fingerprint density at radius 2 is 2.12 bits per heavy atom. The van der Waals surface area contributed by atoms with Crippen LogP contribution in [0.25, 0.3) is 10.9 Å². The summed E-state index contributed by atoms with van der Waals surface area (Å²) in [5.41, 5.74) is 0.956. The van der Waals surface area contributed by atoms with E-state index in [9.17, 15) is 5.11 Å². The topological polar surface area (TPSA) is 49.2 Å². The number of aliphatic hydroxyl groups excluding tert-OH is 1. The molecule has 1 aliphatic rings. The van der Waals surface area contributed by atoms with Crippen molar-refractivity contribution in [3.63, 3.8) is 0 Å². The largest absolute Gasteiger partial charge is 0.391 e. The zero-order chi connectivity index (χ0) is 11.7. The molecule has 0 aliphatic carbocycles. The molecule has 17 heavy (non-hydrogen) atoms. The minimum atomic E-state index is -0.238. The predicted octanol–water partition coefficient (Wildman–Crippen LogP) is 1.59. The molecule has 1 saturated heterocycles. The zero-order valence-electron chi connectivity index (χ0n) is 9.58. The van der Waals surface area contributed by atoms with E-state index in [1.54, 1.807) is 6.33 Å². The normalized spacial score (nSPS) is 20.8. The molecule has 3 rings (SSSR count). The number of benzene rings is 1. The van der Waals surface area contributed by atoms with E-state index in [4.69, 9.17) is 0 Å². The van der Waals surface area contributed by atoms with Gasteiger partial charge in [-0.1, -0.05) is 12.1 Å². The Morgan fingerprint density at radius 1 is 1.24 bits per heavy atom. The second-order valence-corrected chi connectivity index (χ2v) is 4.46. The van der Waals surface area contributed by atoms with Crippen molar-refractivity contribution in [3.05, 3.63) is 30.6 Å². The molecule has 0 spiro atoms. The summed E-state index contributed by atoms with van der Waals surface area (Å²) in [5.74, 6) is 0.939. The lowest BCUT2D eigenvalue weighted by atomic mass is 10.1. The lowest BCUT2D eigenvalue weighted by Crippen LogP contribution is -2.38. The van der Waals surface area contributed by atoms with E-state index in [2.05, 4.69) is 14.9 Å². The van der Waals surface area contributed by atoms with Gasteiger partial charge in [-0.3, -0.25) is 0 Å². The van der Waals surface area contributed by atoms with Crippen molar-refractivity contribution in [1.29, 1.82) is 0 Å². The SMILES string of the molecule is O[C@H]1CCCN(c2ncnc3ccccc23)C1. The minimum absolute atomic E-state index is 0.238. The fourth-order valence-electron chi connectivity index (χ4n) is 2.39. The van der Waals surface area contributed by atoms with Gasteiger partial charge >= 0.3 is 0 Å². The molecule has 1 aromatic carbocycles. The van der Waals surface area contributed by atoms with Crippen molar-refractivity contribution in [2.45, 2.75) is 18.9 Å². The first-order chi connectivity index (χ1) is 8.34. The summed E-state index contributed by atoms with van der Waals surface area (Å²) < 4.78 is 0. The van der Waals surface area contributed by atoms with Crippen LogP contribution in [0, 0.1) is 0 Å². The average Bonchev–Trinajstić information content (AvgIpc) is 2.38. The summed E-state index contributed by atoms with van der Waals surface area (Å²) >= 11 is 0. The number of anilines is 1. The Labute approximate surface area is 99.9 Å². The van der Waals surface area contributed by atoms with Crippen LogP contribution in [0.15, 0.2) is 30.6 Å². The third kappa shape index (κ3) is 1.96. The summed E-state index contributed by atoms with van der Waals surface area (Å²) in [6.45, 7) is 1.62. The van der Waals surface area contributed by atoms with Crippen LogP contribution >= 0.6 is 0 Å². The summed E-state index contributed by atoms with van der Waals surface area (Å²) in [7, 11) is 0. The highest BCUT2D eigenvalue weighted by molar-refractivity contribution is 5.89. The molecule has 0 saturated carbocycles. The van der Waals surface area contributed by atoms with Gasteiger partial charge in [0.15, 0.2) is 0 Å². The Bertz CT molecular complexity index is 524. The van der Waals surface area contributed by atoms with E-state index in [1.807, 2.05) is 24.3 Å². The molecule has 0 unspecified atom stereocenters. The summed E-state index contributed by atoms with van der Waals surface area (Å²) in [6, 6.07) is 7.99. The predicted molar refractivity (Wildman–Crippen MR) is 67.0 cm³/mol. The molecule has 0 amide bonds. The van der Waals surface area contributed by atoms with Gasteiger partial charge in [0.25, 0.3) is 0 Å². The van der Waals surface area contributed by atoms with Crippen molar-refractivity contribution in [2.75, 3.05) is 18.0 Å². The molecule has 1 aromatic heterocycles. The third-order valence-corrected chi connectivity index (χ3v) is 3.22. The summed E-state index contributed by atoms with van der Waals surface area (Å²) in [4.78, 5) is 10.8. The highest BCUT2D eigenvalue weighted by atomic mass is 16.3. The Balaban J connectivity index is 2.04. The third-order valence-electron chi connectivity index (χ3n) is 3.22. The van der Waals surface area contributed by atoms with E-state index < -0.39 is 0 Å². The smallest absolute Gasteiger partial charge is 0.139 e. The van der Waals surface area contributed by atoms with Gasteiger partial charge in [0, 0.05) is 18.5 Å². The molecule has 2 aromatic rings. The summed E-state index contributed by atoms with van der Waals surface area (Å²) in [6.07, 6.45) is 3.26. The fraction of sp³-hybridized carbons (Fsp3) is 0.385. The van der Waals surface area contributed by atoms with Gasteiger partial charge in [-0.25, -0.2) is 9.97 Å². The fourth-order valence-corrected chi connectivity index (χ4v) is 2.39. The number of aliphatic hydroxyl groups is 1. The van der Waals surface area contributed by atoms with E-state index in [0.717, 1.165) is 36.1 Å². The first kappa shape index (κ1) is 10.5. The van der Waals surface area contributed by atoms with Crippen LogP contribution in [-0.2, 0) is 0 Å². The number of aromatic nitrogens is 2. The molecule has 2 heterocycles. The van der Waals surface area contributed by atoms with Crippen LogP contribution in [0.4, 0.5) is 5.82 Å². The molecule has 0 radical (unpaired) electrons. The molecule has 1 N–H and O–H groups in total. The maximum Gasteiger partial charge on any atom is 0.139 e. The van der Waals surface area contributed by atoms with E-state index in [0.29, 0.717) is 6.54 Å². The average molecular weight is 229 g/mol. The highest BCUT2D eigenvalue weighted by Gasteiger charge is 2.20. The second kappa shape index (κ2) is 4.30. The van der Waals surface area contributed by atoms with Gasteiger partial charge in [0.1, 0.15) is 12.1 Å². The van der Waals surface area contributed by atoms with Gasteiger partial charge < -0.3 is 10.0 Å². The van der Waals surface area contributed by atoms with Crippen LogP contribution < -0.4 is 4.90 Å². The first-order valence-electron chi connectivity index (χ1n) is 5.97. The second-order valence-electron chi connectivity index (χ2n) is 4.46. The van der Waals surface area contributed by atoms with E-state index >= 15 is 0 Å². The Hall–Kier alpha value is -1.68. The van der Waals surface area contributed by atoms with Crippen molar-refractivity contribution in [3.8, 4) is 0 Å². The zero-order valence-corrected chi connectivity index (χ0v) is 9.58. The summed E-state index contributed by atoms with van der Waals surface area (Å²) in [5, 5.41) is 10.8. The number of fused-ring (bicyclic) bond motifs is 1. The molecule has 1 aliphatic heterocycles. The first-order valence-corrected chi connectivity index (χ1v) is 5.97. The molecule has 4 nitrogen and oxygen atoms in total. The van der Waals surface area contributed by atoms with Crippen LogP contribution in [0.5, 0.6) is 0 Å². The maximum absolute atomic E-state index is 9.73. The number of piperidine rings is 1. The van der Waals surface area contributed by atoms with Crippen LogP contribution in [0.3, 0.4) is 0 Å². The molecule has 4 heteroatoms. The monoisotopic (exact) mass is 229 g/mol. The van der Waals surface area contributed by atoms with Crippen LogP contribution in [0.1, 0.15) is 12.8 Å². The lowest BCUT2D eigenvalue weighted by molar-refractivity contribution is 0.154. The van der Waals surface area contributed by atoms with Gasteiger partial charge in [0.05, 0.1) is 11.6 Å². The molecular formula is C13H15N3O. The van der Waals surface area contributed by atoms with Crippen molar-refractivity contribution in [2.24, 2.45) is 0 Å². The van der Waals surface area contributed by atoms with Crippen molar-refractivity contribution >= 4 is 16.7 Å². The van der Waals surface area contributed by atoms with Crippen molar-refractivity contribution in [1.82, 2.24) is 9.97 Å². The standard InChI is InChI=1S/C13H15N3O/c17-10-4-3-7-16(8-10)13-11-5-1-2-6-12(11)14-9-15-13/h1-2,5-6,9-10,17H,3-4,7-8H2/t10-/m0/s1. The lowest BCUT2D eigenvalue weighted by Gasteiger charge is -2.31. The quantitative estimate of drug-likeness (QED) is 0.806. The Kier molecular flexibility index (Phi) is 2.65. The van der Waals surface area contributed by atoms with Gasteiger partial charge in [-0.05, 0) is 25.0 Å². The molecular weight excluding hydrogens is 214 g/mol. The molecule has 0 bridgehead atoms. The number of β-amino-alcohol motifs (C(OH)–C–C–N with tert-alkyl or cyclic N) is 1. The van der Waals surface area contributed by atoms with E-state index in [1.165, 1.54) is 0 Å². The molecule has 88 valence electrons. The number of rotatable bonds is 1. The van der Waals surface area contributed by atoms with Crippen molar-refractivity contribution < 1.29 is 5.11 Å². The molecule has 1 atom stereocenters. The highest BCUT2D eigenvalue weighted by Crippen LogP contribution is 2.25. The Morgan fingerprint density at radius 3 is 3.00 bits per heavy atom. The maximum atomic E-state index is 9.73.